The third-order valence-electron chi connectivity index (χ3n) is 3.37. The van der Waals surface area contributed by atoms with Crippen LogP contribution in [0.5, 0.6) is 0 Å². The fourth-order valence-corrected chi connectivity index (χ4v) is 2.08. The molecule has 5 heteroatoms. The summed E-state index contributed by atoms with van der Waals surface area (Å²) in [6.45, 7) is 3.67. The number of esters is 1. The second-order valence-electron chi connectivity index (χ2n) is 5.26. The van der Waals surface area contributed by atoms with Crippen molar-refractivity contribution in [3.05, 3.63) is 59.7 Å². The zero-order valence-corrected chi connectivity index (χ0v) is 12.9. The Morgan fingerprint density at radius 3 is 2.00 bits per heavy atom. The number of ether oxygens (including phenoxy) is 1. The summed E-state index contributed by atoms with van der Waals surface area (Å²) >= 11 is 0. The molecule has 1 heterocycles. The molecule has 0 spiro atoms. The van der Waals surface area contributed by atoms with E-state index >= 15 is 0 Å². The summed E-state index contributed by atoms with van der Waals surface area (Å²) in [6, 6.07) is 15.4. The van der Waals surface area contributed by atoms with E-state index in [-0.39, 0.29) is 12.6 Å². The van der Waals surface area contributed by atoms with Crippen LogP contribution >= 0.6 is 0 Å². The van der Waals surface area contributed by atoms with E-state index in [1.165, 1.54) is 12.5 Å². The van der Waals surface area contributed by atoms with Gasteiger partial charge in [-0.2, -0.15) is 0 Å². The molecule has 0 fully saturated rings. The van der Waals surface area contributed by atoms with Crippen molar-refractivity contribution in [1.29, 1.82) is 0 Å². The number of hydrogen-bond acceptors (Lipinski definition) is 5. The van der Waals surface area contributed by atoms with E-state index in [9.17, 15) is 4.79 Å². The summed E-state index contributed by atoms with van der Waals surface area (Å²) in [7, 11) is 0. The van der Waals surface area contributed by atoms with Crippen LogP contribution in [-0.2, 0) is 16.1 Å². The van der Waals surface area contributed by atoms with Crippen LogP contribution < -0.4 is 0 Å². The van der Waals surface area contributed by atoms with E-state index in [4.69, 9.17) is 9.15 Å². The first-order valence-corrected chi connectivity index (χ1v) is 7.25. The molecule has 2 aromatic carbocycles. The van der Waals surface area contributed by atoms with Gasteiger partial charge in [0.1, 0.15) is 6.61 Å². The number of rotatable bonds is 4. The maximum Gasteiger partial charge on any atom is 0.302 e. The van der Waals surface area contributed by atoms with Gasteiger partial charge in [0.2, 0.25) is 11.8 Å². The Balaban J connectivity index is 1.77. The van der Waals surface area contributed by atoms with Gasteiger partial charge in [-0.25, -0.2) is 0 Å². The summed E-state index contributed by atoms with van der Waals surface area (Å²) in [5, 5.41) is 8.18. The van der Waals surface area contributed by atoms with E-state index in [0.717, 1.165) is 16.7 Å². The minimum absolute atomic E-state index is 0.258. The fraction of sp³-hybridized carbons (Fsp3) is 0.167. The lowest BCUT2D eigenvalue weighted by molar-refractivity contribution is -0.142. The highest BCUT2D eigenvalue weighted by Crippen LogP contribution is 2.24. The molecule has 5 nitrogen and oxygen atoms in total. The normalized spacial score (nSPS) is 10.5. The molecular formula is C18H16N2O3. The van der Waals surface area contributed by atoms with Gasteiger partial charge in [0.05, 0.1) is 0 Å². The van der Waals surface area contributed by atoms with Crippen LogP contribution in [0.2, 0.25) is 0 Å². The SMILES string of the molecule is CC(=O)OCc1ccc(-c2nnc(-c3ccc(C)cc3)o2)cc1. The molecule has 3 aromatic rings. The lowest BCUT2D eigenvalue weighted by atomic mass is 10.1. The van der Waals surface area contributed by atoms with Crippen LogP contribution in [0.3, 0.4) is 0 Å². The first-order chi connectivity index (χ1) is 11.1. The summed E-state index contributed by atoms with van der Waals surface area (Å²) in [6.07, 6.45) is 0. The number of aromatic nitrogens is 2. The maximum absolute atomic E-state index is 10.8. The first-order valence-electron chi connectivity index (χ1n) is 7.25. The standard InChI is InChI=1S/C18H16N2O3/c1-12-3-7-15(8-4-12)17-19-20-18(23-17)16-9-5-14(6-10-16)11-22-13(2)21/h3-10H,11H2,1-2H3. The van der Waals surface area contributed by atoms with Gasteiger partial charge in [-0.15, -0.1) is 10.2 Å². The lowest BCUT2D eigenvalue weighted by Gasteiger charge is -2.02. The summed E-state index contributed by atoms with van der Waals surface area (Å²) in [5.41, 5.74) is 3.79. The Labute approximate surface area is 133 Å². The molecule has 0 saturated carbocycles. The molecule has 0 atom stereocenters. The molecule has 0 unspecified atom stereocenters. The van der Waals surface area contributed by atoms with Crippen molar-refractivity contribution in [3.8, 4) is 22.9 Å². The average Bonchev–Trinajstić information content (AvgIpc) is 3.04. The van der Waals surface area contributed by atoms with E-state index in [1.807, 2.05) is 55.5 Å². The monoisotopic (exact) mass is 308 g/mol. The van der Waals surface area contributed by atoms with Crippen molar-refractivity contribution < 1.29 is 13.9 Å². The van der Waals surface area contributed by atoms with Crippen molar-refractivity contribution in [1.82, 2.24) is 10.2 Å². The van der Waals surface area contributed by atoms with Crippen LogP contribution in [0.25, 0.3) is 22.9 Å². The topological polar surface area (TPSA) is 65.2 Å². The van der Waals surface area contributed by atoms with Crippen molar-refractivity contribution >= 4 is 5.97 Å². The zero-order chi connectivity index (χ0) is 16.2. The Bertz CT molecular complexity index is 805. The molecule has 3 rings (SSSR count). The van der Waals surface area contributed by atoms with Gasteiger partial charge in [-0.3, -0.25) is 4.79 Å². The second kappa shape index (κ2) is 6.44. The van der Waals surface area contributed by atoms with Crippen LogP contribution in [0, 0.1) is 6.92 Å². The van der Waals surface area contributed by atoms with Gasteiger partial charge in [-0.1, -0.05) is 29.8 Å². The molecule has 0 radical (unpaired) electrons. The minimum Gasteiger partial charge on any atom is -0.461 e. The highest BCUT2D eigenvalue weighted by Gasteiger charge is 2.10. The average molecular weight is 308 g/mol. The van der Waals surface area contributed by atoms with E-state index in [1.54, 1.807) is 0 Å². The van der Waals surface area contributed by atoms with Gasteiger partial charge >= 0.3 is 5.97 Å². The third-order valence-corrected chi connectivity index (χ3v) is 3.37. The first kappa shape index (κ1) is 15.0. The second-order valence-corrected chi connectivity index (χ2v) is 5.26. The van der Waals surface area contributed by atoms with E-state index < -0.39 is 0 Å². The maximum atomic E-state index is 10.8. The van der Waals surface area contributed by atoms with Gasteiger partial charge in [0, 0.05) is 18.1 Å². The summed E-state index contributed by atoms with van der Waals surface area (Å²) in [5.74, 6) is 0.650. The molecule has 23 heavy (non-hydrogen) atoms. The van der Waals surface area contributed by atoms with Crippen LogP contribution in [0.1, 0.15) is 18.1 Å². The molecule has 0 amide bonds. The summed E-state index contributed by atoms with van der Waals surface area (Å²) < 4.78 is 10.7. The summed E-state index contributed by atoms with van der Waals surface area (Å²) in [4.78, 5) is 10.8. The number of hydrogen-bond donors (Lipinski definition) is 0. The molecule has 0 aliphatic heterocycles. The van der Waals surface area contributed by atoms with Crippen molar-refractivity contribution in [2.24, 2.45) is 0 Å². The number of benzene rings is 2. The van der Waals surface area contributed by atoms with Crippen molar-refractivity contribution in [2.45, 2.75) is 20.5 Å². The largest absolute Gasteiger partial charge is 0.461 e. The number of aryl methyl sites for hydroxylation is 1. The number of nitrogens with zero attached hydrogens (tertiary/aromatic N) is 2. The Kier molecular flexibility index (Phi) is 4.19. The molecule has 0 saturated heterocycles. The van der Waals surface area contributed by atoms with E-state index in [2.05, 4.69) is 10.2 Å². The van der Waals surface area contributed by atoms with Gasteiger partial charge < -0.3 is 9.15 Å². The zero-order valence-electron chi connectivity index (χ0n) is 12.9. The highest BCUT2D eigenvalue weighted by atomic mass is 16.5. The third kappa shape index (κ3) is 3.63. The Morgan fingerprint density at radius 2 is 1.48 bits per heavy atom. The minimum atomic E-state index is -0.297. The highest BCUT2D eigenvalue weighted by molar-refractivity contribution is 5.66. The predicted molar refractivity (Wildman–Crippen MR) is 85.4 cm³/mol. The van der Waals surface area contributed by atoms with Gasteiger partial charge in [-0.05, 0) is 36.8 Å². The molecule has 0 N–H and O–H groups in total. The lowest BCUT2D eigenvalue weighted by Crippen LogP contribution is -1.98. The van der Waals surface area contributed by atoms with Crippen molar-refractivity contribution in [2.75, 3.05) is 0 Å². The van der Waals surface area contributed by atoms with Gasteiger partial charge in [0.25, 0.3) is 0 Å². The number of carbonyl (C=O) groups excluding carboxylic acids is 1. The van der Waals surface area contributed by atoms with Gasteiger partial charge in [0.15, 0.2) is 0 Å². The molecule has 0 aliphatic rings. The molecule has 0 bridgehead atoms. The molecular weight excluding hydrogens is 292 g/mol. The Morgan fingerprint density at radius 1 is 0.957 bits per heavy atom. The quantitative estimate of drug-likeness (QED) is 0.686. The number of carbonyl (C=O) groups is 1. The molecule has 116 valence electrons. The fourth-order valence-electron chi connectivity index (χ4n) is 2.08. The molecule has 0 aliphatic carbocycles. The van der Waals surface area contributed by atoms with Crippen molar-refractivity contribution in [3.63, 3.8) is 0 Å². The van der Waals surface area contributed by atoms with E-state index in [0.29, 0.717) is 11.8 Å². The smallest absolute Gasteiger partial charge is 0.302 e. The Hall–Kier alpha value is -2.95. The molecule has 1 aromatic heterocycles. The van der Waals surface area contributed by atoms with Crippen LogP contribution in [0.4, 0.5) is 0 Å². The predicted octanol–water partition coefficient (Wildman–Crippen LogP) is 3.78. The van der Waals surface area contributed by atoms with Crippen LogP contribution in [0.15, 0.2) is 52.9 Å². The van der Waals surface area contributed by atoms with Crippen LogP contribution in [-0.4, -0.2) is 16.2 Å².